The van der Waals surface area contributed by atoms with Gasteiger partial charge in [0.2, 0.25) is 5.91 Å². The first-order chi connectivity index (χ1) is 14.9. The first-order valence-electron chi connectivity index (χ1n) is 10.9. The van der Waals surface area contributed by atoms with E-state index in [1.807, 2.05) is 53.4 Å². The summed E-state index contributed by atoms with van der Waals surface area (Å²) < 4.78 is 5.93. The van der Waals surface area contributed by atoms with E-state index in [1.165, 1.54) is 0 Å². The van der Waals surface area contributed by atoms with Crippen molar-refractivity contribution in [3.63, 3.8) is 0 Å². The van der Waals surface area contributed by atoms with Gasteiger partial charge in [0.15, 0.2) is 0 Å². The quantitative estimate of drug-likeness (QED) is 0.580. The van der Waals surface area contributed by atoms with Crippen molar-refractivity contribution in [2.75, 3.05) is 25.0 Å². The summed E-state index contributed by atoms with van der Waals surface area (Å²) >= 11 is 0. The van der Waals surface area contributed by atoms with Gasteiger partial charge in [0.25, 0.3) is 0 Å². The molecule has 2 fully saturated rings. The summed E-state index contributed by atoms with van der Waals surface area (Å²) in [7, 11) is 0. The molecule has 0 unspecified atom stereocenters. The molecule has 31 heavy (non-hydrogen) atoms. The fraction of sp³-hybridized carbons (Fsp3) is 0.458. The van der Waals surface area contributed by atoms with Crippen molar-refractivity contribution in [1.29, 1.82) is 0 Å². The zero-order chi connectivity index (χ0) is 21.6. The maximum atomic E-state index is 11.5. The largest absolute Gasteiger partial charge is 0.488 e. The molecule has 2 aromatic carbocycles. The van der Waals surface area contributed by atoms with Crippen molar-refractivity contribution < 1.29 is 24.9 Å². The Balaban J connectivity index is 1.22. The number of carbonyl (C=O) groups excluding carboxylic acids is 1. The topological polar surface area (TPSA) is 102 Å². The summed E-state index contributed by atoms with van der Waals surface area (Å²) in [6, 6.07) is 15.0. The number of hydrogen-bond donors (Lipinski definition) is 4. The van der Waals surface area contributed by atoms with Gasteiger partial charge in [0, 0.05) is 37.7 Å². The van der Waals surface area contributed by atoms with Crippen LogP contribution in [0, 0.1) is 5.92 Å². The van der Waals surface area contributed by atoms with Gasteiger partial charge < -0.3 is 25.4 Å². The molecule has 1 aliphatic carbocycles. The summed E-state index contributed by atoms with van der Waals surface area (Å²) in [4.78, 5) is 13.5. The van der Waals surface area contributed by atoms with Crippen molar-refractivity contribution in [2.24, 2.45) is 5.92 Å². The van der Waals surface area contributed by atoms with Crippen molar-refractivity contribution >= 4 is 11.6 Å². The average molecular weight is 424 g/mol. The summed E-state index contributed by atoms with van der Waals surface area (Å²) in [6.45, 7) is 1.27. The Morgan fingerprint density at radius 1 is 1.19 bits per heavy atom. The molecular weight excluding hydrogens is 396 g/mol. The molecule has 2 heterocycles. The van der Waals surface area contributed by atoms with Gasteiger partial charge in [0.1, 0.15) is 23.6 Å². The molecule has 4 N–H and O–H groups in total. The number of hydrogen-bond acceptors (Lipinski definition) is 6. The van der Waals surface area contributed by atoms with Crippen molar-refractivity contribution in [3.8, 4) is 5.75 Å². The number of ether oxygens (including phenoxy) is 1. The Hall–Kier alpha value is -2.45. The molecule has 5 rings (SSSR count). The maximum Gasteiger partial charge on any atom is 0.224 e. The van der Waals surface area contributed by atoms with Crippen molar-refractivity contribution in [2.45, 2.75) is 43.2 Å². The molecular formula is C24H28N2O5. The Bertz CT molecular complexity index is 968. The summed E-state index contributed by atoms with van der Waals surface area (Å²) in [6.07, 6.45) is -0.441. The molecule has 0 spiro atoms. The molecule has 2 aromatic rings. The van der Waals surface area contributed by atoms with Crippen LogP contribution in [0.3, 0.4) is 0 Å². The summed E-state index contributed by atoms with van der Waals surface area (Å²) in [5.41, 5.74) is 1.40. The third kappa shape index (κ3) is 3.83. The molecule has 1 saturated carbocycles. The second kappa shape index (κ2) is 7.91. The van der Waals surface area contributed by atoms with Crippen molar-refractivity contribution in [1.82, 2.24) is 4.90 Å². The predicted molar refractivity (Wildman–Crippen MR) is 115 cm³/mol. The van der Waals surface area contributed by atoms with E-state index >= 15 is 0 Å². The molecule has 3 aliphatic rings. The lowest BCUT2D eigenvalue weighted by molar-refractivity contribution is -0.116. The van der Waals surface area contributed by atoms with Gasteiger partial charge in [-0.05, 0) is 42.2 Å². The van der Waals surface area contributed by atoms with E-state index in [2.05, 4.69) is 5.32 Å². The number of rotatable bonds is 5. The average Bonchev–Trinajstić information content (AvgIpc) is 3.19. The normalized spacial score (nSPS) is 31.1. The number of aliphatic hydroxyl groups excluding tert-OH is 2. The van der Waals surface area contributed by atoms with Crippen LogP contribution in [0.4, 0.5) is 5.69 Å². The number of nitrogens with one attached hydrogen (secondary N) is 1. The van der Waals surface area contributed by atoms with Crippen LogP contribution in [0.5, 0.6) is 5.75 Å². The highest BCUT2D eigenvalue weighted by Crippen LogP contribution is 2.43. The van der Waals surface area contributed by atoms with Gasteiger partial charge >= 0.3 is 0 Å². The number of likely N-dealkylation sites (tertiary alicyclic amines) is 1. The summed E-state index contributed by atoms with van der Waals surface area (Å²) in [5.74, 6) is 0.596. The van der Waals surface area contributed by atoms with E-state index in [9.17, 15) is 20.1 Å². The number of carbonyl (C=O) groups is 1. The van der Waals surface area contributed by atoms with Gasteiger partial charge in [-0.25, -0.2) is 0 Å². The van der Waals surface area contributed by atoms with Gasteiger partial charge in [-0.3, -0.25) is 9.69 Å². The number of para-hydroxylation sites is 1. The zero-order valence-corrected chi connectivity index (χ0v) is 17.3. The number of β-amino-alcohol motifs (C(OH)–C–C–N with tert-alkyl or cyclic N) is 2. The third-order valence-electron chi connectivity index (χ3n) is 6.91. The lowest BCUT2D eigenvalue weighted by Crippen LogP contribution is -2.49. The molecule has 7 heteroatoms. The van der Waals surface area contributed by atoms with E-state index < -0.39 is 23.9 Å². The van der Waals surface area contributed by atoms with E-state index in [0.717, 1.165) is 16.8 Å². The maximum absolute atomic E-state index is 11.5. The second-order valence-electron chi connectivity index (χ2n) is 9.01. The highest BCUT2D eigenvalue weighted by Gasteiger charge is 2.59. The van der Waals surface area contributed by atoms with Crippen LogP contribution in [0.2, 0.25) is 0 Å². The summed E-state index contributed by atoms with van der Waals surface area (Å²) in [5, 5.41) is 35.6. The standard InChI is InChI=1S/C24H28N2O5/c27-20(16-6-8-19-15(10-16)7-9-22(28)25-19)13-26-12-17-11-21(23(29)24(17,30)14-26)31-18-4-2-1-3-5-18/h1-6,8,10,17,20-21,23,27,29-30H,7,9,11-14H2,(H,25,28)/t17-,20+,21+,23+,24-/m0/s1. The third-order valence-corrected chi connectivity index (χ3v) is 6.91. The molecule has 0 aromatic heterocycles. The number of anilines is 1. The number of nitrogens with zero attached hydrogens (tertiary/aromatic N) is 1. The van der Waals surface area contributed by atoms with Crippen molar-refractivity contribution in [3.05, 3.63) is 59.7 Å². The van der Waals surface area contributed by atoms with Crippen LogP contribution in [0.15, 0.2) is 48.5 Å². The number of aryl methyl sites for hydroxylation is 1. The Morgan fingerprint density at radius 2 is 2.00 bits per heavy atom. The van der Waals surface area contributed by atoms with Crippen LogP contribution in [-0.4, -0.2) is 63.6 Å². The van der Waals surface area contributed by atoms with Crippen LogP contribution in [0.1, 0.15) is 30.1 Å². The lowest BCUT2D eigenvalue weighted by atomic mass is 9.93. The molecule has 2 aliphatic heterocycles. The predicted octanol–water partition coefficient (Wildman–Crippen LogP) is 1.48. The fourth-order valence-corrected chi connectivity index (χ4v) is 5.25. The van der Waals surface area contributed by atoms with E-state index in [4.69, 9.17) is 4.74 Å². The van der Waals surface area contributed by atoms with E-state index in [0.29, 0.717) is 44.6 Å². The van der Waals surface area contributed by atoms with Gasteiger partial charge in [0.05, 0.1) is 6.10 Å². The monoisotopic (exact) mass is 424 g/mol. The highest BCUT2D eigenvalue weighted by atomic mass is 16.5. The lowest BCUT2D eigenvalue weighted by Gasteiger charge is -2.29. The molecule has 0 radical (unpaired) electrons. The van der Waals surface area contributed by atoms with Gasteiger partial charge in [-0.1, -0.05) is 30.3 Å². The molecule has 5 atom stereocenters. The number of aliphatic hydroxyl groups is 3. The van der Waals surface area contributed by atoms with E-state index in [1.54, 1.807) is 0 Å². The van der Waals surface area contributed by atoms with Crippen LogP contribution < -0.4 is 10.1 Å². The SMILES string of the molecule is O=C1CCc2cc([C@H](O)CN3C[C@@H]4C[C@@H](Oc5ccccc5)[C@@H](O)[C@]4(O)C3)ccc2N1. The second-order valence-corrected chi connectivity index (χ2v) is 9.01. The molecule has 7 nitrogen and oxygen atoms in total. The minimum absolute atomic E-state index is 0.0192. The molecule has 164 valence electrons. The number of amides is 1. The smallest absolute Gasteiger partial charge is 0.224 e. The fourth-order valence-electron chi connectivity index (χ4n) is 5.25. The Morgan fingerprint density at radius 3 is 2.77 bits per heavy atom. The molecule has 0 bridgehead atoms. The molecule has 1 amide bonds. The Labute approximate surface area is 181 Å². The number of benzene rings is 2. The first kappa shape index (κ1) is 20.5. The van der Waals surface area contributed by atoms with Gasteiger partial charge in [-0.2, -0.15) is 0 Å². The molecule has 1 saturated heterocycles. The van der Waals surface area contributed by atoms with Crippen LogP contribution >= 0.6 is 0 Å². The minimum Gasteiger partial charge on any atom is -0.488 e. The van der Waals surface area contributed by atoms with E-state index in [-0.39, 0.29) is 11.8 Å². The van der Waals surface area contributed by atoms with Gasteiger partial charge in [-0.15, -0.1) is 0 Å². The van der Waals surface area contributed by atoms with Crippen LogP contribution in [-0.2, 0) is 11.2 Å². The zero-order valence-electron chi connectivity index (χ0n) is 17.3. The minimum atomic E-state index is -1.24. The number of fused-ring (bicyclic) bond motifs is 2. The highest BCUT2D eigenvalue weighted by molar-refractivity contribution is 5.93. The van der Waals surface area contributed by atoms with Crippen LogP contribution in [0.25, 0.3) is 0 Å². The Kier molecular flexibility index (Phi) is 5.22. The first-order valence-corrected chi connectivity index (χ1v) is 10.9.